The van der Waals surface area contributed by atoms with Gasteiger partial charge in [0.15, 0.2) is 0 Å². The topological polar surface area (TPSA) is 36.4 Å². The van der Waals surface area contributed by atoms with Crippen LogP contribution in [0.2, 0.25) is 0 Å². The summed E-state index contributed by atoms with van der Waals surface area (Å²) >= 11 is 0. The molecule has 1 aromatic rings. The van der Waals surface area contributed by atoms with Gasteiger partial charge in [-0.2, -0.15) is 0 Å². The van der Waals surface area contributed by atoms with Crippen LogP contribution < -0.4 is 4.90 Å². The minimum Gasteiger partial charge on any atom is -0.392 e. The Morgan fingerprint density at radius 2 is 2.00 bits per heavy atom. The van der Waals surface area contributed by atoms with Crippen LogP contribution in [0.4, 0.5) is 5.82 Å². The lowest BCUT2D eigenvalue weighted by molar-refractivity contribution is 0.281. The second-order valence-electron chi connectivity index (χ2n) is 5.56. The fraction of sp³-hybridized carbons (Fsp3) is 0.688. The molecule has 3 nitrogen and oxygen atoms in total. The summed E-state index contributed by atoms with van der Waals surface area (Å²) in [5.41, 5.74) is 2.06. The Hall–Kier alpha value is -1.09. The van der Waals surface area contributed by atoms with Gasteiger partial charge in [0.2, 0.25) is 0 Å². The zero-order chi connectivity index (χ0) is 13.7. The van der Waals surface area contributed by atoms with Crippen molar-refractivity contribution in [2.24, 2.45) is 5.92 Å². The fourth-order valence-electron chi connectivity index (χ4n) is 2.93. The monoisotopic (exact) mass is 262 g/mol. The quantitative estimate of drug-likeness (QED) is 0.885. The van der Waals surface area contributed by atoms with Crippen LogP contribution in [0.25, 0.3) is 0 Å². The molecule has 0 bridgehead atoms. The van der Waals surface area contributed by atoms with Crippen molar-refractivity contribution >= 4 is 5.82 Å². The summed E-state index contributed by atoms with van der Waals surface area (Å²) in [5, 5.41) is 9.35. The molecule has 19 heavy (non-hydrogen) atoms. The number of aromatic nitrogens is 1. The van der Waals surface area contributed by atoms with Crippen molar-refractivity contribution in [2.75, 3.05) is 18.0 Å². The van der Waals surface area contributed by atoms with Gasteiger partial charge in [-0.25, -0.2) is 4.98 Å². The minimum absolute atomic E-state index is 0.106. The molecule has 2 heterocycles. The van der Waals surface area contributed by atoms with E-state index in [1.54, 1.807) is 0 Å². The van der Waals surface area contributed by atoms with Gasteiger partial charge in [-0.3, -0.25) is 0 Å². The van der Waals surface area contributed by atoms with Gasteiger partial charge >= 0.3 is 0 Å². The predicted octanol–water partition coefficient (Wildman–Crippen LogP) is 3.15. The molecule has 106 valence electrons. The Morgan fingerprint density at radius 1 is 1.26 bits per heavy atom. The van der Waals surface area contributed by atoms with Crippen LogP contribution in [0.5, 0.6) is 0 Å². The maximum Gasteiger partial charge on any atom is 0.129 e. The molecule has 0 spiro atoms. The summed E-state index contributed by atoms with van der Waals surface area (Å²) in [6.45, 7) is 6.70. The molecule has 2 rings (SSSR count). The first-order valence-corrected chi connectivity index (χ1v) is 7.62. The number of rotatable bonds is 5. The predicted molar refractivity (Wildman–Crippen MR) is 79.4 cm³/mol. The van der Waals surface area contributed by atoms with E-state index in [2.05, 4.69) is 18.7 Å². The molecule has 1 N–H and O–H groups in total. The molecule has 0 radical (unpaired) electrons. The number of piperidine rings is 1. The van der Waals surface area contributed by atoms with Gasteiger partial charge < -0.3 is 10.0 Å². The Morgan fingerprint density at radius 3 is 2.58 bits per heavy atom. The van der Waals surface area contributed by atoms with E-state index < -0.39 is 0 Å². The lowest BCUT2D eigenvalue weighted by Gasteiger charge is -2.33. The van der Waals surface area contributed by atoms with Crippen LogP contribution in [-0.2, 0) is 13.0 Å². The lowest BCUT2D eigenvalue weighted by atomic mass is 9.92. The molecule has 0 atom stereocenters. The highest BCUT2D eigenvalue weighted by Crippen LogP contribution is 2.25. The number of hydrogen-bond donors (Lipinski definition) is 1. The Labute approximate surface area is 116 Å². The summed E-state index contributed by atoms with van der Waals surface area (Å²) in [6.07, 6.45) is 6.13. The van der Waals surface area contributed by atoms with Gasteiger partial charge in [0.25, 0.3) is 0 Å². The molecule has 3 heteroatoms. The number of anilines is 1. The first-order chi connectivity index (χ1) is 9.26. The molecule has 0 aliphatic carbocycles. The molecule has 0 amide bonds. The van der Waals surface area contributed by atoms with E-state index in [-0.39, 0.29) is 6.61 Å². The zero-order valence-corrected chi connectivity index (χ0v) is 12.2. The van der Waals surface area contributed by atoms with E-state index in [9.17, 15) is 5.11 Å². The third kappa shape index (κ3) is 3.69. The van der Waals surface area contributed by atoms with E-state index in [0.717, 1.165) is 42.5 Å². The summed E-state index contributed by atoms with van der Waals surface area (Å²) < 4.78 is 0. The molecule has 1 fully saturated rings. The first-order valence-electron chi connectivity index (χ1n) is 7.62. The summed E-state index contributed by atoms with van der Waals surface area (Å²) in [7, 11) is 0. The number of nitrogens with zero attached hydrogens (tertiary/aromatic N) is 2. The standard InChI is InChI=1S/C16H26N2O/c1-3-5-13-6-8-18(9-7-13)16-11-14(12-19)10-15(4-2)17-16/h10-11,13,19H,3-9,12H2,1-2H3. The fourth-order valence-corrected chi connectivity index (χ4v) is 2.93. The maximum absolute atomic E-state index is 9.35. The molecule has 0 saturated carbocycles. The molecule has 0 aromatic carbocycles. The van der Waals surface area contributed by atoms with Gasteiger partial charge in [0.05, 0.1) is 6.61 Å². The van der Waals surface area contributed by atoms with Crippen LogP contribution >= 0.6 is 0 Å². The van der Waals surface area contributed by atoms with E-state index in [0.29, 0.717) is 0 Å². The molecule has 0 unspecified atom stereocenters. The number of pyridine rings is 1. The maximum atomic E-state index is 9.35. The highest BCUT2D eigenvalue weighted by Gasteiger charge is 2.19. The Kier molecular flexibility index (Phi) is 5.20. The smallest absolute Gasteiger partial charge is 0.129 e. The average Bonchev–Trinajstić information content (AvgIpc) is 2.47. The molecule has 1 aliphatic rings. The highest BCUT2D eigenvalue weighted by atomic mass is 16.3. The van der Waals surface area contributed by atoms with E-state index in [4.69, 9.17) is 4.98 Å². The van der Waals surface area contributed by atoms with Crippen molar-refractivity contribution < 1.29 is 5.11 Å². The number of aryl methyl sites for hydroxylation is 1. The van der Waals surface area contributed by atoms with Crippen molar-refractivity contribution in [3.05, 3.63) is 23.4 Å². The van der Waals surface area contributed by atoms with Crippen LogP contribution in [0.1, 0.15) is 50.8 Å². The van der Waals surface area contributed by atoms with Crippen molar-refractivity contribution in [1.29, 1.82) is 0 Å². The van der Waals surface area contributed by atoms with Crippen LogP contribution in [0.15, 0.2) is 12.1 Å². The molecule has 1 saturated heterocycles. The second kappa shape index (κ2) is 6.90. The van der Waals surface area contributed by atoms with E-state index in [1.807, 2.05) is 12.1 Å². The third-order valence-electron chi connectivity index (χ3n) is 4.10. The van der Waals surface area contributed by atoms with Gasteiger partial charge in [-0.05, 0) is 42.9 Å². The van der Waals surface area contributed by atoms with E-state index in [1.165, 1.54) is 25.7 Å². The normalized spacial score (nSPS) is 16.9. The minimum atomic E-state index is 0.106. The van der Waals surface area contributed by atoms with Gasteiger partial charge in [0, 0.05) is 18.8 Å². The molecular formula is C16H26N2O. The number of hydrogen-bond acceptors (Lipinski definition) is 3. The third-order valence-corrected chi connectivity index (χ3v) is 4.10. The number of aliphatic hydroxyl groups excluding tert-OH is 1. The van der Waals surface area contributed by atoms with Gasteiger partial charge in [-0.15, -0.1) is 0 Å². The Balaban J connectivity index is 2.06. The summed E-state index contributed by atoms with van der Waals surface area (Å²) in [5.74, 6) is 1.95. The molecular weight excluding hydrogens is 236 g/mol. The molecule has 1 aliphatic heterocycles. The van der Waals surface area contributed by atoms with Crippen LogP contribution in [0.3, 0.4) is 0 Å². The largest absolute Gasteiger partial charge is 0.392 e. The SMILES string of the molecule is CCCC1CCN(c2cc(CO)cc(CC)n2)CC1. The lowest BCUT2D eigenvalue weighted by Crippen LogP contribution is -2.34. The second-order valence-corrected chi connectivity index (χ2v) is 5.56. The van der Waals surface area contributed by atoms with Crippen LogP contribution in [-0.4, -0.2) is 23.2 Å². The van der Waals surface area contributed by atoms with Gasteiger partial charge in [-0.1, -0.05) is 26.7 Å². The first kappa shape index (κ1) is 14.3. The zero-order valence-electron chi connectivity index (χ0n) is 12.2. The summed E-state index contributed by atoms with van der Waals surface area (Å²) in [4.78, 5) is 7.09. The van der Waals surface area contributed by atoms with Crippen LogP contribution in [0, 0.1) is 5.92 Å². The van der Waals surface area contributed by atoms with Crippen molar-refractivity contribution in [3.8, 4) is 0 Å². The van der Waals surface area contributed by atoms with Crippen molar-refractivity contribution in [1.82, 2.24) is 4.98 Å². The summed E-state index contributed by atoms with van der Waals surface area (Å²) in [6, 6.07) is 4.05. The average molecular weight is 262 g/mol. The van der Waals surface area contributed by atoms with Crippen molar-refractivity contribution in [2.45, 2.75) is 52.6 Å². The Bertz CT molecular complexity index is 375. The van der Waals surface area contributed by atoms with Crippen molar-refractivity contribution in [3.63, 3.8) is 0 Å². The number of aliphatic hydroxyl groups is 1. The van der Waals surface area contributed by atoms with E-state index >= 15 is 0 Å². The van der Waals surface area contributed by atoms with Gasteiger partial charge in [0.1, 0.15) is 5.82 Å². The highest BCUT2D eigenvalue weighted by molar-refractivity contribution is 5.43. The molecule has 1 aromatic heterocycles.